The van der Waals surface area contributed by atoms with Gasteiger partial charge in [0.25, 0.3) is 0 Å². The molecule has 0 bridgehead atoms. The molecule has 1 fully saturated rings. The van der Waals surface area contributed by atoms with E-state index in [0.29, 0.717) is 6.10 Å². The topological polar surface area (TPSA) is 36.3 Å². The summed E-state index contributed by atoms with van der Waals surface area (Å²) in [7, 11) is 1.81. The molecule has 0 N–H and O–H groups in total. The maximum absolute atomic E-state index is 8.92. The molecule has 1 saturated heterocycles. The van der Waals surface area contributed by atoms with E-state index in [4.69, 9.17) is 10.00 Å². The predicted octanol–water partition coefficient (Wildman–Crippen LogP) is 2.82. The standard InChI is InChI=1S/C14H26N2O/c1-14(2,12-15)8-4-5-9-16-10-6-13(17-3)7-11-16/h13H,4-11H2,1-3H3. The van der Waals surface area contributed by atoms with Crippen molar-refractivity contribution in [2.75, 3.05) is 26.7 Å². The smallest absolute Gasteiger partial charge is 0.0683 e. The van der Waals surface area contributed by atoms with Crippen LogP contribution in [0.15, 0.2) is 0 Å². The van der Waals surface area contributed by atoms with Crippen LogP contribution < -0.4 is 0 Å². The summed E-state index contributed by atoms with van der Waals surface area (Å²) in [5.41, 5.74) is -0.150. The second-order valence-corrected chi connectivity index (χ2v) is 5.73. The van der Waals surface area contributed by atoms with E-state index in [1.165, 1.54) is 38.9 Å². The maximum atomic E-state index is 8.92. The Balaban J connectivity index is 2.07. The van der Waals surface area contributed by atoms with Gasteiger partial charge in [0.1, 0.15) is 0 Å². The number of ether oxygens (including phenoxy) is 1. The Hall–Kier alpha value is -0.590. The highest BCUT2D eigenvalue weighted by Crippen LogP contribution is 2.22. The van der Waals surface area contributed by atoms with Crippen LogP contribution in [0.1, 0.15) is 46.0 Å². The molecule has 1 rings (SSSR count). The Kier molecular flexibility index (Phi) is 5.94. The predicted molar refractivity (Wildman–Crippen MR) is 69.7 cm³/mol. The van der Waals surface area contributed by atoms with Gasteiger partial charge in [-0.15, -0.1) is 0 Å². The summed E-state index contributed by atoms with van der Waals surface area (Å²) in [6, 6.07) is 2.36. The summed E-state index contributed by atoms with van der Waals surface area (Å²) in [4.78, 5) is 2.52. The van der Waals surface area contributed by atoms with Crippen LogP contribution in [-0.4, -0.2) is 37.7 Å². The van der Waals surface area contributed by atoms with E-state index in [1.807, 2.05) is 21.0 Å². The van der Waals surface area contributed by atoms with Crippen molar-refractivity contribution in [3.63, 3.8) is 0 Å². The number of hydrogen-bond acceptors (Lipinski definition) is 3. The number of nitriles is 1. The zero-order chi connectivity index (χ0) is 12.7. The molecule has 0 aromatic rings. The lowest BCUT2D eigenvalue weighted by Gasteiger charge is -2.31. The number of piperidine rings is 1. The van der Waals surface area contributed by atoms with Crippen LogP contribution in [0.2, 0.25) is 0 Å². The summed E-state index contributed by atoms with van der Waals surface area (Å²) in [5.74, 6) is 0. The first-order chi connectivity index (χ1) is 8.07. The molecule has 3 heteroatoms. The van der Waals surface area contributed by atoms with E-state index in [2.05, 4.69) is 11.0 Å². The Labute approximate surface area is 106 Å². The molecule has 0 aromatic heterocycles. The number of likely N-dealkylation sites (tertiary alicyclic amines) is 1. The zero-order valence-corrected chi connectivity index (χ0v) is 11.5. The number of hydrogen-bond donors (Lipinski definition) is 0. The van der Waals surface area contributed by atoms with Crippen LogP contribution >= 0.6 is 0 Å². The van der Waals surface area contributed by atoms with E-state index >= 15 is 0 Å². The molecular weight excluding hydrogens is 212 g/mol. The molecule has 0 amide bonds. The number of unbranched alkanes of at least 4 members (excludes halogenated alkanes) is 1. The Morgan fingerprint density at radius 1 is 1.29 bits per heavy atom. The zero-order valence-electron chi connectivity index (χ0n) is 11.5. The lowest BCUT2D eigenvalue weighted by atomic mass is 9.89. The van der Waals surface area contributed by atoms with Crippen molar-refractivity contribution in [3.8, 4) is 6.07 Å². The van der Waals surface area contributed by atoms with Gasteiger partial charge in [-0.1, -0.05) is 6.42 Å². The monoisotopic (exact) mass is 238 g/mol. The highest BCUT2D eigenvalue weighted by Gasteiger charge is 2.19. The van der Waals surface area contributed by atoms with Crippen molar-refractivity contribution in [1.82, 2.24) is 4.90 Å². The molecule has 1 aliphatic heterocycles. The minimum absolute atomic E-state index is 0.150. The second kappa shape index (κ2) is 6.98. The molecule has 1 heterocycles. The molecular formula is C14H26N2O. The third-order valence-corrected chi connectivity index (χ3v) is 3.70. The van der Waals surface area contributed by atoms with E-state index in [-0.39, 0.29) is 5.41 Å². The summed E-state index contributed by atoms with van der Waals surface area (Å²) in [5, 5.41) is 8.92. The number of methoxy groups -OCH3 is 1. The lowest BCUT2D eigenvalue weighted by Crippen LogP contribution is -2.37. The van der Waals surface area contributed by atoms with Crippen LogP contribution in [-0.2, 0) is 4.74 Å². The van der Waals surface area contributed by atoms with Crippen LogP contribution in [0, 0.1) is 16.7 Å². The van der Waals surface area contributed by atoms with Crippen LogP contribution in [0.3, 0.4) is 0 Å². The minimum atomic E-state index is -0.150. The maximum Gasteiger partial charge on any atom is 0.0683 e. The average molecular weight is 238 g/mol. The summed E-state index contributed by atoms with van der Waals surface area (Å²) < 4.78 is 5.36. The van der Waals surface area contributed by atoms with Gasteiger partial charge in [-0.05, 0) is 46.1 Å². The third kappa shape index (κ3) is 5.52. The summed E-state index contributed by atoms with van der Waals surface area (Å²) in [6.45, 7) is 7.56. The van der Waals surface area contributed by atoms with Gasteiger partial charge in [0.15, 0.2) is 0 Å². The van der Waals surface area contributed by atoms with Crippen molar-refractivity contribution in [2.24, 2.45) is 5.41 Å². The fourth-order valence-corrected chi connectivity index (χ4v) is 2.33. The van der Waals surface area contributed by atoms with E-state index in [0.717, 1.165) is 12.8 Å². The largest absolute Gasteiger partial charge is 0.381 e. The van der Waals surface area contributed by atoms with Crippen molar-refractivity contribution in [3.05, 3.63) is 0 Å². The van der Waals surface area contributed by atoms with Crippen LogP contribution in [0.4, 0.5) is 0 Å². The number of rotatable bonds is 6. The fourth-order valence-electron chi connectivity index (χ4n) is 2.33. The molecule has 0 aliphatic carbocycles. The van der Waals surface area contributed by atoms with E-state index in [1.54, 1.807) is 0 Å². The lowest BCUT2D eigenvalue weighted by molar-refractivity contribution is 0.0406. The van der Waals surface area contributed by atoms with E-state index < -0.39 is 0 Å². The van der Waals surface area contributed by atoms with Gasteiger partial charge >= 0.3 is 0 Å². The van der Waals surface area contributed by atoms with Gasteiger partial charge in [-0.3, -0.25) is 0 Å². The first-order valence-corrected chi connectivity index (χ1v) is 6.74. The second-order valence-electron chi connectivity index (χ2n) is 5.73. The van der Waals surface area contributed by atoms with Gasteiger partial charge in [0.05, 0.1) is 17.6 Å². The van der Waals surface area contributed by atoms with Crippen molar-refractivity contribution in [1.29, 1.82) is 5.26 Å². The Morgan fingerprint density at radius 2 is 1.94 bits per heavy atom. The average Bonchev–Trinajstić information content (AvgIpc) is 2.35. The Bertz CT molecular complexity index is 249. The molecule has 17 heavy (non-hydrogen) atoms. The Morgan fingerprint density at radius 3 is 2.47 bits per heavy atom. The van der Waals surface area contributed by atoms with Crippen LogP contribution in [0.25, 0.3) is 0 Å². The highest BCUT2D eigenvalue weighted by molar-refractivity contribution is 4.91. The minimum Gasteiger partial charge on any atom is -0.381 e. The molecule has 0 aromatic carbocycles. The first kappa shape index (κ1) is 14.5. The third-order valence-electron chi connectivity index (χ3n) is 3.70. The van der Waals surface area contributed by atoms with Crippen molar-refractivity contribution < 1.29 is 4.74 Å². The molecule has 0 spiro atoms. The van der Waals surface area contributed by atoms with Gasteiger partial charge in [0.2, 0.25) is 0 Å². The quantitative estimate of drug-likeness (QED) is 0.668. The molecule has 0 unspecified atom stereocenters. The molecule has 3 nitrogen and oxygen atoms in total. The molecule has 0 saturated carbocycles. The normalized spacial score (nSPS) is 19.2. The van der Waals surface area contributed by atoms with Crippen LogP contribution in [0.5, 0.6) is 0 Å². The highest BCUT2D eigenvalue weighted by atomic mass is 16.5. The fraction of sp³-hybridized carbons (Fsp3) is 0.929. The first-order valence-electron chi connectivity index (χ1n) is 6.74. The molecule has 0 atom stereocenters. The molecule has 98 valence electrons. The van der Waals surface area contributed by atoms with Gasteiger partial charge in [0, 0.05) is 20.2 Å². The van der Waals surface area contributed by atoms with E-state index in [9.17, 15) is 0 Å². The summed E-state index contributed by atoms with van der Waals surface area (Å²) in [6.07, 6.45) is 6.19. The van der Waals surface area contributed by atoms with Crippen molar-refractivity contribution >= 4 is 0 Å². The number of nitrogens with zero attached hydrogens (tertiary/aromatic N) is 2. The molecule has 0 radical (unpaired) electrons. The SMILES string of the molecule is COC1CCN(CCCCC(C)(C)C#N)CC1. The van der Waals surface area contributed by atoms with Crippen molar-refractivity contribution in [2.45, 2.75) is 52.1 Å². The van der Waals surface area contributed by atoms with Gasteiger partial charge < -0.3 is 9.64 Å². The van der Waals surface area contributed by atoms with Gasteiger partial charge in [-0.2, -0.15) is 5.26 Å². The van der Waals surface area contributed by atoms with Gasteiger partial charge in [-0.25, -0.2) is 0 Å². The summed E-state index contributed by atoms with van der Waals surface area (Å²) >= 11 is 0. The molecule has 1 aliphatic rings.